The number of aliphatic hydroxyl groups is 1. The van der Waals surface area contributed by atoms with Crippen molar-refractivity contribution in [3.63, 3.8) is 0 Å². The van der Waals surface area contributed by atoms with Crippen LogP contribution in [0.2, 0.25) is 0 Å². The number of nitrogens with zero attached hydrogens (tertiary/aromatic N) is 2. The van der Waals surface area contributed by atoms with E-state index in [1.165, 1.54) is 15.3 Å². The van der Waals surface area contributed by atoms with Crippen molar-refractivity contribution in [3.05, 3.63) is 53.6 Å². The number of anilines is 2. The number of hydrogen-bond acceptors (Lipinski definition) is 4. The van der Waals surface area contributed by atoms with E-state index in [1.54, 1.807) is 43.4 Å². The smallest absolute Gasteiger partial charge is 0.264 e. The molecule has 4 rings (SSSR count). The quantitative estimate of drug-likeness (QED) is 0.889. The second-order valence-electron chi connectivity index (χ2n) is 6.36. The average Bonchev–Trinajstić information content (AvgIpc) is 2.89. The van der Waals surface area contributed by atoms with E-state index in [2.05, 4.69) is 0 Å². The summed E-state index contributed by atoms with van der Waals surface area (Å²) in [5.74, 6) is -0.0454. The fourth-order valence-electron chi connectivity index (χ4n) is 3.50. The second kappa shape index (κ2) is 5.57. The molecule has 25 heavy (non-hydrogen) atoms. The lowest BCUT2D eigenvalue weighted by Gasteiger charge is -2.33. The molecule has 1 atom stereocenters. The first kappa shape index (κ1) is 16.1. The molecule has 2 aromatic rings. The number of carbonyl (C=O) groups is 1. The van der Waals surface area contributed by atoms with Gasteiger partial charge in [0.1, 0.15) is 0 Å². The Morgan fingerprint density at radius 3 is 2.68 bits per heavy atom. The van der Waals surface area contributed by atoms with Gasteiger partial charge in [-0.05, 0) is 36.2 Å². The first-order chi connectivity index (χ1) is 11.9. The molecule has 2 aliphatic heterocycles. The highest BCUT2D eigenvalue weighted by Gasteiger charge is 2.33. The van der Waals surface area contributed by atoms with Crippen molar-refractivity contribution in [2.24, 2.45) is 0 Å². The van der Waals surface area contributed by atoms with Crippen molar-refractivity contribution in [2.45, 2.75) is 23.8 Å². The van der Waals surface area contributed by atoms with Gasteiger partial charge < -0.3 is 10.0 Å². The summed E-state index contributed by atoms with van der Waals surface area (Å²) in [5, 5.41) is 10.1. The van der Waals surface area contributed by atoms with Gasteiger partial charge in [0.05, 0.1) is 23.1 Å². The molecule has 7 heteroatoms. The summed E-state index contributed by atoms with van der Waals surface area (Å²) in [7, 11) is -2.08. The topological polar surface area (TPSA) is 77.9 Å². The lowest BCUT2D eigenvalue weighted by molar-refractivity contribution is -0.117. The molecule has 2 aromatic carbocycles. The summed E-state index contributed by atoms with van der Waals surface area (Å²) in [6, 6.07) is 11.8. The molecule has 0 bridgehead atoms. The summed E-state index contributed by atoms with van der Waals surface area (Å²) in [6.07, 6.45) is -0.0960. The number of fused-ring (bicyclic) bond motifs is 2. The van der Waals surface area contributed by atoms with Gasteiger partial charge in [0, 0.05) is 24.8 Å². The zero-order chi connectivity index (χ0) is 17.8. The average molecular weight is 358 g/mol. The normalized spacial score (nSPS) is 19.8. The number of carbonyl (C=O) groups excluding carboxylic acids is 1. The SMILES string of the molecule is CN1C(=O)Cc2cc(S(=O)(=O)N3CCC(O)c4ccccc43)ccc21. The van der Waals surface area contributed by atoms with E-state index in [4.69, 9.17) is 0 Å². The van der Waals surface area contributed by atoms with Gasteiger partial charge in [-0.25, -0.2) is 8.42 Å². The monoisotopic (exact) mass is 358 g/mol. The van der Waals surface area contributed by atoms with Gasteiger partial charge in [-0.3, -0.25) is 9.10 Å². The van der Waals surface area contributed by atoms with E-state index in [0.717, 1.165) is 11.3 Å². The molecule has 0 saturated heterocycles. The van der Waals surface area contributed by atoms with Crippen LogP contribution in [-0.4, -0.2) is 33.0 Å². The van der Waals surface area contributed by atoms with Crippen molar-refractivity contribution in [3.8, 4) is 0 Å². The molecule has 0 aromatic heterocycles. The Kier molecular flexibility index (Phi) is 3.59. The molecule has 0 radical (unpaired) electrons. The van der Waals surface area contributed by atoms with Gasteiger partial charge >= 0.3 is 0 Å². The van der Waals surface area contributed by atoms with Gasteiger partial charge in [0.25, 0.3) is 10.0 Å². The molecular weight excluding hydrogens is 340 g/mol. The highest BCUT2D eigenvalue weighted by molar-refractivity contribution is 7.92. The Hall–Kier alpha value is -2.38. The third-order valence-corrected chi connectivity index (χ3v) is 6.70. The van der Waals surface area contributed by atoms with Gasteiger partial charge in [-0.2, -0.15) is 0 Å². The zero-order valence-corrected chi connectivity index (χ0v) is 14.5. The van der Waals surface area contributed by atoms with Crippen LogP contribution in [0.25, 0.3) is 0 Å². The lowest BCUT2D eigenvalue weighted by atomic mass is 10.0. The van der Waals surface area contributed by atoms with Crippen molar-refractivity contribution >= 4 is 27.3 Å². The molecule has 130 valence electrons. The van der Waals surface area contributed by atoms with Crippen LogP contribution in [0.5, 0.6) is 0 Å². The van der Waals surface area contributed by atoms with Gasteiger partial charge in [-0.15, -0.1) is 0 Å². The number of sulfonamides is 1. The summed E-state index contributed by atoms with van der Waals surface area (Å²) < 4.78 is 27.7. The van der Waals surface area contributed by atoms with Crippen LogP contribution in [0.1, 0.15) is 23.7 Å². The van der Waals surface area contributed by atoms with Crippen molar-refractivity contribution in [1.82, 2.24) is 0 Å². The minimum absolute atomic E-state index is 0.0454. The van der Waals surface area contributed by atoms with Crippen LogP contribution in [0.4, 0.5) is 11.4 Å². The molecular formula is C18H18N2O4S. The molecule has 0 fully saturated rings. The van der Waals surface area contributed by atoms with E-state index >= 15 is 0 Å². The standard InChI is InChI=1S/C18H18N2O4S/c1-19-15-7-6-13(10-12(15)11-18(19)22)25(23,24)20-9-8-17(21)14-4-2-3-5-16(14)20/h2-7,10,17,21H,8-9,11H2,1H3. The van der Waals surface area contributed by atoms with Crippen LogP contribution >= 0.6 is 0 Å². The van der Waals surface area contributed by atoms with Gasteiger partial charge in [0.2, 0.25) is 5.91 Å². The molecule has 2 aliphatic rings. The van der Waals surface area contributed by atoms with Crippen molar-refractivity contribution in [1.29, 1.82) is 0 Å². The van der Waals surface area contributed by atoms with E-state index in [1.807, 2.05) is 0 Å². The van der Waals surface area contributed by atoms with E-state index in [0.29, 0.717) is 17.7 Å². The van der Waals surface area contributed by atoms with Crippen LogP contribution in [0, 0.1) is 0 Å². The van der Waals surface area contributed by atoms with Crippen LogP contribution < -0.4 is 9.21 Å². The first-order valence-corrected chi connectivity index (χ1v) is 9.53. The fraction of sp³-hybridized carbons (Fsp3) is 0.278. The Balaban J connectivity index is 1.78. The van der Waals surface area contributed by atoms with Gasteiger partial charge in [-0.1, -0.05) is 18.2 Å². The minimum Gasteiger partial charge on any atom is -0.388 e. The number of rotatable bonds is 2. The highest BCUT2D eigenvalue weighted by atomic mass is 32.2. The summed E-state index contributed by atoms with van der Waals surface area (Å²) >= 11 is 0. The Morgan fingerprint density at radius 1 is 1.12 bits per heavy atom. The maximum absolute atomic E-state index is 13.2. The van der Waals surface area contributed by atoms with E-state index < -0.39 is 16.1 Å². The number of likely N-dealkylation sites (N-methyl/N-ethyl adjacent to an activating group) is 1. The molecule has 6 nitrogen and oxygen atoms in total. The molecule has 1 amide bonds. The van der Waals surface area contributed by atoms with Crippen molar-refractivity contribution in [2.75, 3.05) is 22.8 Å². The second-order valence-corrected chi connectivity index (χ2v) is 8.22. The molecule has 0 spiro atoms. The van der Waals surface area contributed by atoms with Crippen LogP contribution in [-0.2, 0) is 21.2 Å². The molecule has 2 heterocycles. The predicted octanol–water partition coefficient (Wildman–Crippen LogP) is 1.84. The summed E-state index contributed by atoms with van der Waals surface area (Å²) in [4.78, 5) is 13.5. The highest BCUT2D eigenvalue weighted by Crippen LogP contribution is 2.38. The number of hydrogen-bond donors (Lipinski definition) is 1. The summed E-state index contributed by atoms with van der Waals surface area (Å²) in [6.45, 7) is 0.219. The van der Waals surface area contributed by atoms with E-state index in [-0.39, 0.29) is 23.8 Å². The lowest BCUT2D eigenvalue weighted by Crippen LogP contribution is -2.36. The number of para-hydroxylation sites is 1. The maximum Gasteiger partial charge on any atom is 0.264 e. The fourth-order valence-corrected chi connectivity index (χ4v) is 5.05. The zero-order valence-electron chi connectivity index (χ0n) is 13.7. The minimum atomic E-state index is -3.76. The van der Waals surface area contributed by atoms with E-state index in [9.17, 15) is 18.3 Å². The largest absolute Gasteiger partial charge is 0.388 e. The Bertz CT molecular complexity index is 971. The third-order valence-electron chi connectivity index (χ3n) is 4.89. The number of aliphatic hydroxyl groups excluding tert-OH is 1. The van der Waals surface area contributed by atoms with Gasteiger partial charge in [0.15, 0.2) is 0 Å². The summed E-state index contributed by atoms with van der Waals surface area (Å²) in [5.41, 5.74) is 2.60. The molecule has 1 unspecified atom stereocenters. The molecule has 0 saturated carbocycles. The Labute approximate surface area is 146 Å². The number of amides is 1. The predicted molar refractivity (Wildman–Crippen MR) is 94.1 cm³/mol. The molecule has 0 aliphatic carbocycles. The van der Waals surface area contributed by atoms with Crippen molar-refractivity contribution < 1.29 is 18.3 Å². The van der Waals surface area contributed by atoms with Crippen LogP contribution in [0.15, 0.2) is 47.4 Å². The van der Waals surface area contributed by atoms with Crippen LogP contribution in [0.3, 0.4) is 0 Å². The molecule has 1 N–H and O–H groups in total. The number of benzene rings is 2. The first-order valence-electron chi connectivity index (χ1n) is 8.09. The maximum atomic E-state index is 13.2. The third kappa shape index (κ3) is 2.42. The Morgan fingerprint density at radius 2 is 1.88 bits per heavy atom.